The number of nitrogens with one attached hydrogen (secondary N) is 2. The van der Waals surface area contributed by atoms with Crippen LogP contribution in [0.5, 0.6) is 23.0 Å². The minimum absolute atomic E-state index is 0.198. The smallest absolute Gasteiger partial charge is 0.269 e. The van der Waals surface area contributed by atoms with E-state index in [0.29, 0.717) is 54.8 Å². The highest BCUT2D eigenvalue weighted by atomic mass is 16.5. The number of methoxy groups -OCH3 is 1. The van der Waals surface area contributed by atoms with E-state index < -0.39 is 5.91 Å². The van der Waals surface area contributed by atoms with Crippen LogP contribution in [0.3, 0.4) is 0 Å². The average molecular weight is 416 g/mol. The molecule has 2 rings (SSSR count). The molecular weight excluding hydrogens is 388 g/mol. The van der Waals surface area contributed by atoms with Gasteiger partial charge in [0.15, 0.2) is 23.0 Å². The Morgan fingerprint density at radius 1 is 0.833 bits per heavy atom. The summed E-state index contributed by atoms with van der Waals surface area (Å²) in [6, 6.07) is 12.2. The van der Waals surface area contributed by atoms with Crippen LogP contribution in [-0.4, -0.2) is 38.7 Å². The third-order valence-electron chi connectivity index (χ3n) is 4.00. The summed E-state index contributed by atoms with van der Waals surface area (Å²) < 4.78 is 21.8. The summed E-state index contributed by atoms with van der Waals surface area (Å²) in [5, 5.41) is 0. The lowest BCUT2D eigenvalue weighted by molar-refractivity contribution is -0.122. The molecule has 0 saturated heterocycles. The Hall–Kier alpha value is -3.42. The second-order valence-electron chi connectivity index (χ2n) is 6.13. The molecule has 0 radical (unpaired) electrons. The van der Waals surface area contributed by atoms with Gasteiger partial charge in [0.2, 0.25) is 5.91 Å². The predicted octanol–water partition coefficient (Wildman–Crippen LogP) is 3.11. The first-order valence-corrected chi connectivity index (χ1v) is 9.83. The van der Waals surface area contributed by atoms with Crippen molar-refractivity contribution in [2.75, 3.05) is 26.9 Å². The zero-order chi connectivity index (χ0) is 21.8. The first-order valence-electron chi connectivity index (χ1n) is 9.83. The molecule has 2 aromatic rings. The van der Waals surface area contributed by atoms with Gasteiger partial charge in [0, 0.05) is 12.0 Å². The van der Waals surface area contributed by atoms with Crippen LogP contribution in [0.4, 0.5) is 0 Å². The van der Waals surface area contributed by atoms with Crippen LogP contribution in [0.2, 0.25) is 0 Å². The normalized spacial score (nSPS) is 10.1. The minimum Gasteiger partial charge on any atom is -0.493 e. The molecule has 0 aliphatic heterocycles. The summed E-state index contributed by atoms with van der Waals surface area (Å²) in [7, 11) is 1.50. The second kappa shape index (κ2) is 12.2. The molecule has 0 bridgehead atoms. The number of amides is 2. The minimum atomic E-state index is -0.452. The van der Waals surface area contributed by atoms with Crippen molar-refractivity contribution in [3.8, 4) is 23.0 Å². The van der Waals surface area contributed by atoms with Crippen LogP contribution < -0.4 is 29.8 Å². The molecule has 0 unspecified atom stereocenters. The molecule has 0 fully saturated rings. The molecule has 0 aliphatic carbocycles. The van der Waals surface area contributed by atoms with E-state index in [1.54, 1.807) is 18.2 Å². The number of hydrogen-bond acceptors (Lipinski definition) is 6. The predicted molar refractivity (Wildman–Crippen MR) is 112 cm³/mol. The fourth-order valence-electron chi connectivity index (χ4n) is 2.60. The molecule has 2 N–H and O–H groups in total. The van der Waals surface area contributed by atoms with Crippen LogP contribution in [0.1, 0.15) is 37.0 Å². The van der Waals surface area contributed by atoms with Gasteiger partial charge in [-0.1, -0.05) is 12.1 Å². The lowest BCUT2D eigenvalue weighted by atomic mass is 10.2. The van der Waals surface area contributed by atoms with E-state index in [1.165, 1.54) is 7.11 Å². The number of carbonyl (C=O) groups excluding carboxylic acids is 2. The SMILES string of the molecule is CCOc1ccc(C(=O)NNC(=O)CCCOc2ccccc2OCC)cc1OC. The van der Waals surface area contributed by atoms with Gasteiger partial charge < -0.3 is 18.9 Å². The van der Waals surface area contributed by atoms with E-state index in [2.05, 4.69) is 10.9 Å². The van der Waals surface area contributed by atoms with Gasteiger partial charge in [0.05, 0.1) is 26.9 Å². The summed E-state index contributed by atoms with van der Waals surface area (Å²) in [6.07, 6.45) is 0.683. The first kappa shape index (κ1) is 22.9. The monoisotopic (exact) mass is 416 g/mol. The fourth-order valence-corrected chi connectivity index (χ4v) is 2.60. The molecule has 0 atom stereocenters. The highest BCUT2D eigenvalue weighted by Gasteiger charge is 2.12. The molecule has 0 heterocycles. The van der Waals surface area contributed by atoms with Crippen molar-refractivity contribution in [2.45, 2.75) is 26.7 Å². The summed E-state index contributed by atoms with van der Waals surface area (Å²) in [4.78, 5) is 24.2. The Bertz CT molecular complexity index is 840. The molecule has 0 saturated carbocycles. The molecule has 30 heavy (non-hydrogen) atoms. The number of ether oxygens (including phenoxy) is 4. The van der Waals surface area contributed by atoms with Crippen molar-refractivity contribution in [3.05, 3.63) is 48.0 Å². The first-order chi connectivity index (χ1) is 14.6. The zero-order valence-electron chi connectivity index (χ0n) is 17.5. The molecule has 0 aliphatic rings. The van der Waals surface area contributed by atoms with Gasteiger partial charge in [-0.25, -0.2) is 0 Å². The van der Waals surface area contributed by atoms with Gasteiger partial charge >= 0.3 is 0 Å². The van der Waals surface area contributed by atoms with Crippen molar-refractivity contribution >= 4 is 11.8 Å². The molecule has 162 valence electrons. The number of rotatable bonds is 11. The van der Waals surface area contributed by atoms with Gasteiger partial charge in [-0.3, -0.25) is 20.4 Å². The molecule has 0 aromatic heterocycles. The summed E-state index contributed by atoms with van der Waals surface area (Å²) in [6.45, 7) is 5.14. The van der Waals surface area contributed by atoms with Crippen LogP contribution in [-0.2, 0) is 4.79 Å². The van der Waals surface area contributed by atoms with E-state index in [4.69, 9.17) is 18.9 Å². The Kier molecular flexibility index (Phi) is 9.30. The third kappa shape index (κ3) is 6.88. The van der Waals surface area contributed by atoms with E-state index in [-0.39, 0.29) is 12.3 Å². The van der Waals surface area contributed by atoms with E-state index >= 15 is 0 Å². The van der Waals surface area contributed by atoms with Gasteiger partial charge in [0.1, 0.15) is 0 Å². The molecular formula is C22H28N2O6. The largest absolute Gasteiger partial charge is 0.493 e. The molecule has 8 nitrogen and oxygen atoms in total. The fraction of sp³-hybridized carbons (Fsp3) is 0.364. The average Bonchev–Trinajstić information content (AvgIpc) is 2.76. The van der Waals surface area contributed by atoms with Gasteiger partial charge in [-0.15, -0.1) is 0 Å². The Labute approximate surface area is 176 Å². The number of benzene rings is 2. The molecule has 2 amide bonds. The van der Waals surface area contributed by atoms with Crippen LogP contribution >= 0.6 is 0 Å². The summed E-state index contributed by atoms with van der Waals surface area (Å²) in [5.74, 6) is 1.53. The topological polar surface area (TPSA) is 95.1 Å². The van der Waals surface area contributed by atoms with Crippen molar-refractivity contribution < 1.29 is 28.5 Å². The van der Waals surface area contributed by atoms with E-state index in [9.17, 15) is 9.59 Å². The van der Waals surface area contributed by atoms with Gasteiger partial charge in [-0.2, -0.15) is 0 Å². The summed E-state index contributed by atoms with van der Waals surface area (Å²) in [5.41, 5.74) is 5.13. The van der Waals surface area contributed by atoms with Crippen molar-refractivity contribution in [1.29, 1.82) is 0 Å². The maximum absolute atomic E-state index is 12.2. The van der Waals surface area contributed by atoms with Crippen molar-refractivity contribution in [3.63, 3.8) is 0 Å². The quantitative estimate of drug-likeness (QED) is 0.432. The third-order valence-corrected chi connectivity index (χ3v) is 4.00. The Morgan fingerprint density at radius 2 is 1.47 bits per heavy atom. The highest BCUT2D eigenvalue weighted by molar-refractivity contribution is 5.96. The maximum atomic E-state index is 12.2. The highest BCUT2D eigenvalue weighted by Crippen LogP contribution is 2.28. The molecule has 2 aromatic carbocycles. The number of carbonyl (C=O) groups is 2. The van der Waals surface area contributed by atoms with Crippen LogP contribution in [0.25, 0.3) is 0 Å². The van der Waals surface area contributed by atoms with E-state index in [0.717, 1.165) is 0 Å². The number of para-hydroxylation sites is 2. The lowest BCUT2D eigenvalue weighted by Crippen LogP contribution is -2.41. The molecule has 8 heteroatoms. The Morgan fingerprint density at radius 3 is 2.10 bits per heavy atom. The van der Waals surface area contributed by atoms with Gasteiger partial charge in [-0.05, 0) is 50.6 Å². The van der Waals surface area contributed by atoms with Crippen LogP contribution in [0.15, 0.2) is 42.5 Å². The standard InChI is InChI=1S/C22H28N2O6/c1-4-28-17-9-6-7-10-18(17)30-14-8-11-21(25)23-24-22(26)16-12-13-19(29-5-2)20(15-16)27-3/h6-7,9-10,12-13,15H,4-5,8,11,14H2,1-3H3,(H,23,25)(H,24,26). The Balaban J connectivity index is 1.75. The zero-order valence-corrected chi connectivity index (χ0v) is 17.5. The van der Waals surface area contributed by atoms with Crippen LogP contribution in [0, 0.1) is 0 Å². The lowest BCUT2D eigenvalue weighted by Gasteiger charge is -2.12. The van der Waals surface area contributed by atoms with E-state index in [1.807, 2.05) is 38.1 Å². The second-order valence-corrected chi connectivity index (χ2v) is 6.13. The van der Waals surface area contributed by atoms with Gasteiger partial charge in [0.25, 0.3) is 5.91 Å². The number of hydrogen-bond donors (Lipinski definition) is 2. The molecule has 0 spiro atoms. The van der Waals surface area contributed by atoms with Crippen molar-refractivity contribution in [1.82, 2.24) is 10.9 Å². The van der Waals surface area contributed by atoms with Crippen molar-refractivity contribution in [2.24, 2.45) is 0 Å². The summed E-state index contributed by atoms with van der Waals surface area (Å²) >= 11 is 0. The number of hydrazine groups is 1. The maximum Gasteiger partial charge on any atom is 0.269 e.